The Kier molecular flexibility index (Phi) is 6.83. The summed E-state index contributed by atoms with van der Waals surface area (Å²) in [5, 5.41) is 16.7. The van der Waals surface area contributed by atoms with Crippen molar-refractivity contribution in [2.24, 2.45) is 5.41 Å². The molecule has 12 heteroatoms. The first-order valence-corrected chi connectivity index (χ1v) is 11.0. The monoisotopic (exact) mass is 497 g/mol. The summed E-state index contributed by atoms with van der Waals surface area (Å²) in [4.78, 5) is 13.4. The summed E-state index contributed by atoms with van der Waals surface area (Å²) in [5.74, 6) is 0.110. The summed E-state index contributed by atoms with van der Waals surface area (Å²) in [6.45, 7) is 7.86. The fourth-order valence-corrected chi connectivity index (χ4v) is 3.80. The Balaban J connectivity index is 1.99. The molecule has 3 aromatic rings. The molecular formula is C22H26F3N5O3S. The van der Waals surface area contributed by atoms with E-state index in [4.69, 9.17) is 4.42 Å². The summed E-state index contributed by atoms with van der Waals surface area (Å²) in [6, 6.07) is 5.18. The molecule has 2 heterocycles. The Bertz CT molecular complexity index is 1180. The highest BCUT2D eigenvalue weighted by Gasteiger charge is 2.38. The highest BCUT2D eigenvalue weighted by atomic mass is 32.1. The molecule has 2 aromatic heterocycles. The number of rotatable bonds is 6. The molecular weight excluding hydrogens is 471 g/mol. The van der Waals surface area contributed by atoms with Gasteiger partial charge < -0.3 is 25.1 Å². The Morgan fingerprint density at radius 2 is 1.76 bits per heavy atom. The van der Waals surface area contributed by atoms with Crippen LogP contribution >= 0.6 is 11.7 Å². The quantitative estimate of drug-likeness (QED) is 0.369. The molecule has 1 aromatic carbocycles. The van der Waals surface area contributed by atoms with Gasteiger partial charge in [-0.1, -0.05) is 20.8 Å². The van der Waals surface area contributed by atoms with Crippen molar-refractivity contribution in [3.8, 4) is 5.75 Å². The predicted octanol–water partition coefficient (Wildman–Crippen LogP) is 5.81. The minimum atomic E-state index is -4.83. The number of aromatic hydroxyl groups is 1. The van der Waals surface area contributed by atoms with E-state index in [1.54, 1.807) is 0 Å². The molecule has 0 radical (unpaired) electrons. The number of halogens is 3. The Morgan fingerprint density at radius 3 is 2.29 bits per heavy atom. The minimum absolute atomic E-state index is 0.116. The van der Waals surface area contributed by atoms with Gasteiger partial charge in [0.15, 0.2) is 17.4 Å². The van der Waals surface area contributed by atoms with Crippen molar-refractivity contribution in [1.29, 1.82) is 0 Å². The first-order valence-electron chi connectivity index (χ1n) is 10.3. The van der Waals surface area contributed by atoms with Gasteiger partial charge in [0.25, 0.3) is 5.91 Å². The molecule has 0 bridgehead atoms. The van der Waals surface area contributed by atoms with Crippen LogP contribution in [0.2, 0.25) is 0 Å². The number of phenolic OH excluding ortho intramolecular Hbond substituents is 1. The van der Waals surface area contributed by atoms with Gasteiger partial charge >= 0.3 is 6.18 Å². The van der Waals surface area contributed by atoms with Crippen molar-refractivity contribution in [1.82, 2.24) is 13.6 Å². The zero-order valence-electron chi connectivity index (χ0n) is 19.5. The van der Waals surface area contributed by atoms with E-state index in [0.29, 0.717) is 11.6 Å². The number of phenols is 1. The third-order valence-electron chi connectivity index (χ3n) is 5.04. The lowest BCUT2D eigenvalue weighted by molar-refractivity contribution is -0.138. The summed E-state index contributed by atoms with van der Waals surface area (Å²) in [6.07, 6.45) is -4.83. The fraction of sp³-hybridized carbons (Fsp3) is 0.409. The number of carbonyl (C=O) groups is 1. The number of hydrogen-bond acceptors (Lipinski definition) is 8. The highest BCUT2D eigenvalue weighted by Crippen LogP contribution is 2.42. The van der Waals surface area contributed by atoms with Crippen LogP contribution in [0.25, 0.3) is 0 Å². The minimum Gasteiger partial charge on any atom is -0.505 e. The molecule has 0 spiro atoms. The van der Waals surface area contributed by atoms with Crippen LogP contribution in [-0.4, -0.2) is 38.8 Å². The molecule has 1 atom stereocenters. The van der Waals surface area contributed by atoms with Gasteiger partial charge in [-0.25, -0.2) is 0 Å². The topological polar surface area (TPSA) is 104 Å². The van der Waals surface area contributed by atoms with E-state index in [1.807, 2.05) is 39.8 Å². The van der Waals surface area contributed by atoms with Crippen LogP contribution in [-0.2, 0) is 6.18 Å². The van der Waals surface area contributed by atoms with Crippen LogP contribution in [0.4, 0.5) is 30.5 Å². The van der Waals surface area contributed by atoms with Crippen molar-refractivity contribution in [3.05, 3.63) is 46.9 Å². The van der Waals surface area contributed by atoms with E-state index >= 15 is 0 Å². The SMILES string of the molecule is Cc1ccc(C(Nc2nsnc2Nc2ccc(C(F)(F)F)c(C(=O)N(C)C)c2O)C(C)(C)C)o1. The summed E-state index contributed by atoms with van der Waals surface area (Å²) in [5.41, 5.74) is -2.49. The molecule has 1 unspecified atom stereocenters. The summed E-state index contributed by atoms with van der Waals surface area (Å²) < 4.78 is 54.7. The van der Waals surface area contributed by atoms with Crippen molar-refractivity contribution in [2.45, 2.75) is 39.9 Å². The Morgan fingerprint density at radius 1 is 1.12 bits per heavy atom. The molecule has 3 rings (SSSR count). The second-order valence-electron chi connectivity index (χ2n) is 9.06. The smallest absolute Gasteiger partial charge is 0.417 e. The lowest BCUT2D eigenvalue weighted by Crippen LogP contribution is -2.26. The van der Waals surface area contributed by atoms with E-state index in [-0.39, 0.29) is 23.0 Å². The van der Waals surface area contributed by atoms with Gasteiger partial charge in [0.1, 0.15) is 11.5 Å². The normalized spacial score (nSPS) is 13.0. The summed E-state index contributed by atoms with van der Waals surface area (Å²) in [7, 11) is 2.61. The zero-order chi connectivity index (χ0) is 25.4. The lowest BCUT2D eigenvalue weighted by atomic mass is 9.85. The molecule has 184 valence electrons. The number of alkyl halides is 3. The van der Waals surface area contributed by atoms with Crippen LogP contribution in [0.3, 0.4) is 0 Å². The average Bonchev–Trinajstić information content (AvgIpc) is 3.33. The van der Waals surface area contributed by atoms with E-state index in [9.17, 15) is 23.1 Å². The number of carbonyl (C=O) groups excluding carboxylic acids is 1. The maximum atomic E-state index is 13.5. The number of aryl methyl sites for hydroxylation is 1. The molecule has 0 saturated carbocycles. The standard InChI is InChI=1S/C22H26F3N5O3S/c1-11-7-10-14(33-11)17(21(2,3)4)27-19-18(28-34-29-19)26-13-9-8-12(22(23,24)25)15(16(13)31)20(32)30(5)6/h7-10,17,31H,1-6H3,(H,26,28)(H,27,29). The van der Waals surface area contributed by atoms with Gasteiger partial charge in [0, 0.05) is 14.1 Å². The van der Waals surface area contributed by atoms with Crippen molar-refractivity contribution in [3.63, 3.8) is 0 Å². The molecule has 8 nitrogen and oxygen atoms in total. The predicted molar refractivity (Wildman–Crippen MR) is 124 cm³/mol. The van der Waals surface area contributed by atoms with Gasteiger partial charge in [-0.2, -0.15) is 21.9 Å². The lowest BCUT2D eigenvalue weighted by Gasteiger charge is -2.30. The summed E-state index contributed by atoms with van der Waals surface area (Å²) >= 11 is 0.875. The highest BCUT2D eigenvalue weighted by molar-refractivity contribution is 6.99. The second kappa shape index (κ2) is 9.16. The number of furan rings is 1. The number of aromatic nitrogens is 2. The van der Waals surface area contributed by atoms with Crippen molar-refractivity contribution < 1.29 is 27.5 Å². The largest absolute Gasteiger partial charge is 0.505 e. The molecule has 0 aliphatic rings. The Labute approximate surface area is 199 Å². The molecule has 0 aliphatic heterocycles. The molecule has 3 N–H and O–H groups in total. The van der Waals surface area contributed by atoms with Crippen LogP contribution in [0.5, 0.6) is 5.75 Å². The molecule has 0 fully saturated rings. The number of nitrogens with zero attached hydrogens (tertiary/aromatic N) is 3. The zero-order valence-corrected chi connectivity index (χ0v) is 20.4. The number of hydrogen-bond donors (Lipinski definition) is 3. The second-order valence-corrected chi connectivity index (χ2v) is 9.59. The van der Waals surface area contributed by atoms with Crippen molar-refractivity contribution in [2.75, 3.05) is 24.7 Å². The number of nitrogens with one attached hydrogen (secondary N) is 2. The maximum absolute atomic E-state index is 13.5. The molecule has 0 aliphatic carbocycles. The molecule has 1 amide bonds. The van der Waals surface area contributed by atoms with Gasteiger partial charge in [-0.05, 0) is 36.6 Å². The third-order valence-corrected chi connectivity index (χ3v) is 5.57. The van der Waals surface area contributed by atoms with Gasteiger partial charge in [0.05, 0.1) is 34.6 Å². The first kappa shape index (κ1) is 25.3. The molecule has 0 saturated heterocycles. The average molecular weight is 498 g/mol. The maximum Gasteiger partial charge on any atom is 0.417 e. The number of amides is 1. The third kappa shape index (κ3) is 5.27. The Hall–Kier alpha value is -3.28. The van der Waals surface area contributed by atoms with E-state index < -0.39 is 29.0 Å². The van der Waals surface area contributed by atoms with Crippen LogP contribution in [0.15, 0.2) is 28.7 Å². The number of benzene rings is 1. The fourth-order valence-electron chi connectivity index (χ4n) is 3.32. The van der Waals surface area contributed by atoms with Crippen LogP contribution in [0.1, 0.15) is 54.3 Å². The van der Waals surface area contributed by atoms with Crippen molar-refractivity contribution >= 4 is 35.0 Å². The van der Waals surface area contributed by atoms with Gasteiger partial charge in [0.2, 0.25) is 0 Å². The first-order chi connectivity index (χ1) is 15.7. The van der Waals surface area contributed by atoms with E-state index in [2.05, 4.69) is 19.4 Å². The van der Waals surface area contributed by atoms with E-state index in [0.717, 1.165) is 34.5 Å². The number of anilines is 3. The van der Waals surface area contributed by atoms with Crippen LogP contribution < -0.4 is 10.6 Å². The van der Waals surface area contributed by atoms with Gasteiger partial charge in [-0.3, -0.25) is 4.79 Å². The van der Waals surface area contributed by atoms with Gasteiger partial charge in [-0.15, -0.1) is 0 Å². The van der Waals surface area contributed by atoms with Crippen LogP contribution in [0, 0.1) is 12.3 Å². The van der Waals surface area contributed by atoms with E-state index in [1.165, 1.54) is 14.1 Å². The molecule has 34 heavy (non-hydrogen) atoms.